The molecule has 0 heterocycles. The highest BCUT2D eigenvalue weighted by Gasteiger charge is 2.52. The Kier molecular flexibility index (Phi) is 6.09. The van der Waals surface area contributed by atoms with E-state index in [1.54, 1.807) is 0 Å². The molecular weight excluding hydrogens is 328 g/mol. The Hall–Kier alpha value is -1.13. The molecule has 2 N–H and O–H groups in total. The van der Waals surface area contributed by atoms with E-state index in [1.165, 1.54) is 6.92 Å². The van der Waals surface area contributed by atoms with E-state index in [4.69, 9.17) is 4.74 Å². The summed E-state index contributed by atoms with van der Waals surface area (Å²) >= 11 is 0. The molecule has 4 nitrogen and oxygen atoms in total. The number of fused-ring (bicyclic) bond motifs is 1. The van der Waals surface area contributed by atoms with E-state index < -0.39 is 17.3 Å². The van der Waals surface area contributed by atoms with E-state index in [0.29, 0.717) is 12.3 Å². The van der Waals surface area contributed by atoms with Crippen molar-refractivity contribution in [1.29, 1.82) is 0 Å². The molecular formula is C22H36O4. The van der Waals surface area contributed by atoms with Crippen molar-refractivity contribution < 1.29 is 19.7 Å². The Bertz CT molecular complexity index is 573. The van der Waals surface area contributed by atoms with Crippen LogP contribution in [-0.2, 0) is 9.53 Å². The smallest absolute Gasteiger partial charge is 0.303 e. The van der Waals surface area contributed by atoms with Gasteiger partial charge in [-0.2, -0.15) is 0 Å². The minimum Gasteiger partial charge on any atom is -0.455 e. The summed E-state index contributed by atoms with van der Waals surface area (Å²) in [6, 6.07) is 0. The van der Waals surface area contributed by atoms with E-state index in [0.717, 1.165) is 19.3 Å². The molecule has 2 rings (SSSR count). The van der Waals surface area contributed by atoms with Gasteiger partial charge in [-0.1, -0.05) is 32.1 Å². The van der Waals surface area contributed by atoms with Crippen LogP contribution in [0.1, 0.15) is 67.2 Å². The Balaban J connectivity index is 2.46. The molecule has 6 atom stereocenters. The number of allylic oxidation sites excluding steroid dienone is 3. The summed E-state index contributed by atoms with van der Waals surface area (Å²) in [6.07, 6.45) is 10.8. The fourth-order valence-electron chi connectivity index (χ4n) is 4.98. The fraction of sp³-hybridized carbons (Fsp3) is 0.773. The number of aliphatic hydroxyl groups excluding tert-OH is 1. The summed E-state index contributed by atoms with van der Waals surface area (Å²) in [6.45, 7) is 11.3. The molecule has 0 bridgehead atoms. The molecule has 148 valence electrons. The van der Waals surface area contributed by atoms with Crippen molar-refractivity contribution in [3.8, 4) is 0 Å². The lowest BCUT2D eigenvalue weighted by molar-refractivity contribution is -0.155. The van der Waals surface area contributed by atoms with Gasteiger partial charge in [-0.05, 0) is 69.3 Å². The zero-order valence-electron chi connectivity index (χ0n) is 17.2. The van der Waals surface area contributed by atoms with Crippen LogP contribution in [-0.4, -0.2) is 33.5 Å². The van der Waals surface area contributed by atoms with Gasteiger partial charge in [-0.15, -0.1) is 0 Å². The van der Waals surface area contributed by atoms with Crippen LogP contribution in [0.25, 0.3) is 0 Å². The molecule has 26 heavy (non-hydrogen) atoms. The molecule has 0 saturated heterocycles. The first-order valence-corrected chi connectivity index (χ1v) is 9.83. The number of rotatable bonds is 2. The number of hydrogen-bond acceptors (Lipinski definition) is 4. The molecule has 1 fully saturated rings. The summed E-state index contributed by atoms with van der Waals surface area (Å²) in [7, 11) is 0. The van der Waals surface area contributed by atoms with Crippen LogP contribution in [0, 0.1) is 23.2 Å². The zero-order valence-corrected chi connectivity index (χ0v) is 17.2. The van der Waals surface area contributed by atoms with Crippen molar-refractivity contribution in [2.45, 2.75) is 84.5 Å². The molecule has 2 aliphatic carbocycles. The average Bonchev–Trinajstić information content (AvgIpc) is 2.81. The van der Waals surface area contributed by atoms with Crippen molar-refractivity contribution >= 4 is 5.97 Å². The van der Waals surface area contributed by atoms with Gasteiger partial charge in [-0.25, -0.2) is 0 Å². The lowest BCUT2D eigenvalue weighted by Gasteiger charge is -2.42. The van der Waals surface area contributed by atoms with Gasteiger partial charge in [0.25, 0.3) is 0 Å². The second kappa shape index (κ2) is 7.47. The second-order valence-corrected chi connectivity index (χ2v) is 9.48. The third-order valence-corrected chi connectivity index (χ3v) is 6.29. The number of carbonyl (C=O) groups is 1. The molecule has 0 radical (unpaired) electrons. The average molecular weight is 365 g/mol. The first-order valence-electron chi connectivity index (χ1n) is 9.83. The molecule has 0 aromatic heterocycles. The van der Waals surface area contributed by atoms with E-state index in [1.807, 2.05) is 32.9 Å². The molecule has 2 aliphatic rings. The first kappa shape index (κ1) is 21.2. The van der Waals surface area contributed by atoms with Gasteiger partial charge in [-0.3, -0.25) is 4.79 Å². The predicted octanol–water partition coefficient (Wildman–Crippen LogP) is 4.01. The molecule has 0 amide bonds. The summed E-state index contributed by atoms with van der Waals surface area (Å²) < 4.78 is 5.59. The Morgan fingerprint density at radius 2 is 1.92 bits per heavy atom. The maximum absolute atomic E-state index is 11.6. The standard InChI is InChI=1S/C22H36O4/c1-15-8-7-11-22(6,26-16(2)23)14-18(24)19-17(20(3,4)25)10-13-21(19,5)12-9-15/h7,9,11-12,15,17-19,24-25H,8,10,13-14H2,1-6H3/b11-7+,12-9+/t15-,17-,18+,19?,21+,22-/m1/s1. The summed E-state index contributed by atoms with van der Waals surface area (Å²) in [5.74, 6) is -0.0820. The Labute approximate surface area is 158 Å². The molecule has 0 aromatic carbocycles. The van der Waals surface area contributed by atoms with Gasteiger partial charge < -0.3 is 14.9 Å². The third kappa shape index (κ3) is 4.77. The minimum absolute atomic E-state index is 0.00577. The molecule has 1 unspecified atom stereocenters. The van der Waals surface area contributed by atoms with Gasteiger partial charge in [0.05, 0.1) is 11.7 Å². The van der Waals surface area contributed by atoms with E-state index in [-0.39, 0.29) is 23.2 Å². The van der Waals surface area contributed by atoms with Gasteiger partial charge in [0.15, 0.2) is 0 Å². The highest BCUT2D eigenvalue weighted by atomic mass is 16.6. The topological polar surface area (TPSA) is 66.8 Å². The van der Waals surface area contributed by atoms with Crippen LogP contribution < -0.4 is 0 Å². The first-order chi connectivity index (χ1) is 11.9. The fourth-order valence-corrected chi connectivity index (χ4v) is 4.98. The normalized spacial score (nSPS) is 43.8. The van der Waals surface area contributed by atoms with Crippen LogP contribution in [0.5, 0.6) is 0 Å². The van der Waals surface area contributed by atoms with Crippen LogP contribution in [0.4, 0.5) is 0 Å². The van der Waals surface area contributed by atoms with Gasteiger partial charge in [0.1, 0.15) is 5.60 Å². The minimum atomic E-state index is -0.864. The van der Waals surface area contributed by atoms with Gasteiger partial charge >= 0.3 is 5.97 Å². The van der Waals surface area contributed by atoms with E-state index in [2.05, 4.69) is 26.0 Å². The quantitative estimate of drug-likeness (QED) is 0.574. The van der Waals surface area contributed by atoms with Gasteiger partial charge in [0, 0.05) is 13.3 Å². The lowest BCUT2D eigenvalue weighted by atomic mass is 9.68. The van der Waals surface area contributed by atoms with Crippen molar-refractivity contribution in [1.82, 2.24) is 0 Å². The van der Waals surface area contributed by atoms with E-state index >= 15 is 0 Å². The van der Waals surface area contributed by atoms with E-state index in [9.17, 15) is 15.0 Å². The maximum atomic E-state index is 11.6. The predicted molar refractivity (Wildman–Crippen MR) is 103 cm³/mol. The molecule has 1 saturated carbocycles. The van der Waals surface area contributed by atoms with Crippen molar-refractivity contribution in [3.63, 3.8) is 0 Å². The zero-order chi connectivity index (χ0) is 19.8. The SMILES string of the molecule is CC(=O)O[C@]1(C)/C=C/C[C@@H](C)/C=C/[C@@]2(C)CC[C@@H](C(C)(C)O)C2[C@@H](O)C1. The van der Waals surface area contributed by atoms with Gasteiger partial charge in [0.2, 0.25) is 0 Å². The van der Waals surface area contributed by atoms with Crippen molar-refractivity contribution in [2.24, 2.45) is 23.2 Å². The number of aliphatic hydroxyl groups is 2. The highest BCUT2D eigenvalue weighted by Crippen LogP contribution is 2.54. The highest BCUT2D eigenvalue weighted by molar-refractivity contribution is 5.66. The lowest BCUT2D eigenvalue weighted by Crippen LogP contribution is -2.46. The molecule has 0 spiro atoms. The number of ether oxygens (including phenoxy) is 1. The molecule has 4 heteroatoms. The number of carbonyl (C=O) groups excluding carboxylic acids is 1. The van der Waals surface area contributed by atoms with Crippen LogP contribution in [0.15, 0.2) is 24.3 Å². The molecule has 0 aliphatic heterocycles. The Morgan fingerprint density at radius 1 is 1.27 bits per heavy atom. The van der Waals surface area contributed by atoms with Crippen molar-refractivity contribution in [3.05, 3.63) is 24.3 Å². The second-order valence-electron chi connectivity index (χ2n) is 9.48. The summed E-state index contributed by atoms with van der Waals surface area (Å²) in [5, 5.41) is 22.0. The van der Waals surface area contributed by atoms with Crippen molar-refractivity contribution in [2.75, 3.05) is 0 Å². The maximum Gasteiger partial charge on any atom is 0.303 e. The van der Waals surface area contributed by atoms with Crippen LogP contribution >= 0.6 is 0 Å². The third-order valence-electron chi connectivity index (χ3n) is 6.29. The summed E-state index contributed by atoms with van der Waals surface area (Å²) in [5.41, 5.74) is -1.89. The molecule has 0 aromatic rings. The largest absolute Gasteiger partial charge is 0.455 e. The van der Waals surface area contributed by atoms with Crippen LogP contribution in [0.3, 0.4) is 0 Å². The summed E-state index contributed by atoms with van der Waals surface area (Å²) in [4.78, 5) is 11.6. The monoisotopic (exact) mass is 364 g/mol. The number of hydrogen-bond donors (Lipinski definition) is 2. The number of esters is 1. The van der Waals surface area contributed by atoms with Crippen LogP contribution in [0.2, 0.25) is 0 Å². The Morgan fingerprint density at radius 3 is 2.50 bits per heavy atom.